The van der Waals surface area contributed by atoms with Gasteiger partial charge in [0.25, 0.3) is 22.7 Å². The predicted molar refractivity (Wildman–Crippen MR) is 168 cm³/mol. The number of aromatic carboxylic acids is 2. The lowest BCUT2D eigenvalue weighted by Gasteiger charge is -2.09. The first kappa shape index (κ1) is 41.0. The second kappa shape index (κ2) is 18.9. The number of benzene rings is 4. The van der Waals surface area contributed by atoms with Gasteiger partial charge in [-0.1, -0.05) is 60.7 Å². The highest BCUT2D eigenvalue weighted by Gasteiger charge is 2.22. The van der Waals surface area contributed by atoms with Crippen molar-refractivity contribution in [3.8, 4) is 11.5 Å². The Labute approximate surface area is 281 Å². The van der Waals surface area contributed by atoms with Gasteiger partial charge in [-0.05, 0) is 25.3 Å². The zero-order valence-corrected chi connectivity index (χ0v) is 26.2. The summed E-state index contributed by atoms with van der Waals surface area (Å²) < 4.78 is 0. The van der Waals surface area contributed by atoms with Gasteiger partial charge in [0.05, 0.1) is 43.0 Å². The minimum absolute atomic E-state index is 0.409. The number of nitro groups is 4. The van der Waals surface area contributed by atoms with E-state index in [-0.39, 0.29) is 0 Å². The molecule has 0 spiro atoms. The lowest BCUT2D eigenvalue weighted by molar-refractivity contribution is -0.420. The van der Waals surface area contributed by atoms with Gasteiger partial charge < -0.3 is 31.9 Å². The molecule has 0 aromatic heterocycles. The standard InChI is InChI=1S/2C8H11N.2C7H4N2O7/c2*1-7(9)8-5-3-2-4-6-8;2*10-6-4(7(11)12)1-3(8(13)14)2-5(6)9(15)16/h2*2-7H,9H2,1H3;2*1-2,10H,(H,11,12)/t2*7-;;/m00../s1. The molecule has 4 aromatic carbocycles. The van der Waals surface area contributed by atoms with Crippen molar-refractivity contribution >= 4 is 34.7 Å². The predicted octanol–water partition coefficient (Wildman–Crippen LogP) is 2.53. The van der Waals surface area contributed by atoms with Crippen LogP contribution in [0.15, 0.2) is 84.9 Å². The molecule has 50 heavy (non-hydrogen) atoms. The molecular weight excluding hydrogens is 668 g/mol. The quantitative estimate of drug-likeness (QED) is 0.152. The smallest absolute Gasteiger partial charge is 0.335 e. The van der Waals surface area contributed by atoms with Crippen LogP contribution < -0.4 is 21.7 Å². The van der Waals surface area contributed by atoms with Crippen molar-refractivity contribution in [2.24, 2.45) is 0 Å². The van der Waals surface area contributed by atoms with Gasteiger partial charge in [-0.25, -0.2) is 9.59 Å². The van der Waals surface area contributed by atoms with Gasteiger partial charge in [0.2, 0.25) is 0 Å². The third-order valence-electron chi connectivity index (χ3n) is 6.12. The first-order valence-corrected chi connectivity index (χ1v) is 13.8. The second-order valence-corrected chi connectivity index (χ2v) is 9.95. The normalized spacial score (nSPS) is 11.0. The van der Waals surface area contributed by atoms with Crippen LogP contribution in [-0.2, 0) is 0 Å². The molecule has 0 aliphatic carbocycles. The Balaban J connectivity index is 0.000000345. The Morgan fingerprint density at radius 3 is 1.02 bits per heavy atom. The number of hydrogen-bond donors (Lipinski definition) is 4. The number of carboxylic acid groups (broad SMARTS) is 2. The molecular formula is C30H30N6O14. The number of nitro benzene ring substituents is 4. The van der Waals surface area contributed by atoms with Gasteiger partial charge in [-0.2, -0.15) is 0 Å². The topological polar surface area (TPSA) is 349 Å². The number of carboxylic acids is 2. The molecule has 0 aliphatic heterocycles. The van der Waals surface area contributed by atoms with E-state index in [0.717, 1.165) is 0 Å². The van der Waals surface area contributed by atoms with E-state index in [1.165, 1.54) is 11.1 Å². The van der Waals surface area contributed by atoms with Gasteiger partial charge in [-0.3, -0.25) is 40.5 Å². The summed E-state index contributed by atoms with van der Waals surface area (Å²) in [5.41, 5.74) is 4.53. The van der Waals surface area contributed by atoms with Crippen LogP contribution in [0.25, 0.3) is 0 Å². The Morgan fingerprint density at radius 1 is 0.560 bits per heavy atom. The molecule has 0 unspecified atom stereocenters. The second-order valence-electron chi connectivity index (χ2n) is 9.95. The fourth-order valence-electron chi connectivity index (χ4n) is 3.56. The average molecular weight is 699 g/mol. The minimum Gasteiger partial charge on any atom is -0.867 e. The highest BCUT2D eigenvalue weighted by atomic mass is 16.6. The van der Waals surface area contributed by atoms with Gasteiger partial charge >= 0.3 is 11.9 Å². The summed E-state index contributed by atoms with van der Waals surface area (Å²) in [7, 11) is 0. The van der Waals surface area contributed by atoms with Crippen molar-refractivity contribution in [3.63, 3.8) is 0 Å². The Morgan fingerprint density at radius 2 is 0.840 bits per heavy atom. The molecule has 0 radical (unpaired) electrons. The van der Waals surface area contributed by atoms with E-state index in [9.17, 15) is 60.3 Å². The van der Waals surface area contributed by atoms with Crippen molar-refractivity contribution in [2.45, 2.75) is 25.9 Å². The molecule has 0 saturated heterocycles. The lowest BCUT2D eigenvalue weighted by Crippen LogP contribution is -2.51. The van der Waals surface area contributed by atoms with Gasteiger partial charge in [-0.15, -0.1) is 0 Å². The van der Waals surface area contributed by atoms with E-state index in [2.05, 4.69) is 49.6 Å². The van der Waals surface area contributed by atoms with Crippen LogP contribution in [0.3, 0.4) is 0 Å². The number of rotatable bonds is 8. The maximum Gasteiger partial charge on any atom is 0.335 e. The SMILES string of the molecule is C[C@H]([NH3+])c1ccccc1.C[C@H]([NH3+])c1ccccc1.O=C(O)c1cc([N+](=O)[O-])cc([N+](=O)[O-])c1[O-].O=C(O)c1cc([N+](=O)[O-])cc([N+](=O)[O-])c1[O-]. The van der Waals surface area contributed by atoms with Crippen molar-refractivity contribution in [3.05, 3.63) is 148 Å². The van der Waals surface area contributed by atoms with E-state index in [1.807, 2.05) is 36.4 Å². The highest BCUT2D eigenvalue weighted by molar-refractivity contribution is 5.93. The maximum absolute atomic E-state index is 11.2. The van der Waals surface area contributed by atoms with Crippen LogP contribution in [0.5, 0.6) is 11.5 Å². The maximum atomic E-state index is 11.2. The van der Waals surface area contributed by atoms with Gasteiger partial charge in [0, 0.05) is 23.3 Å². The molecule has 0 aliphatic rings. The fraction of sp³-hybridized carbons (Fsp3) is 0.133. The molecule has 0 bridgehead atoms. The molecule has 264 valence electrons. The summed E-state index contributed by atoms with van der Waals surface area (Å²) in [6.45, 7) is 4.19. The zero-order valence-electron chi connectivity index (χ0n) is 26.2. The summed E-state index contributed by atoms with van der Waals surface area (Å²) in [5, 5.41) is 80.9. The third-order valence-corrected chi connectivity index (χ3v) is 6.12. The van der Waals surface area contributed by atoms with Crippen LogP contribution in [0.1, 0.15) is 57.8 Å². The third kappa shape index (κ3) is 12.3. The fourth-order valence-corrected chi connectivity index (χ4v) is 3.56. The Kier molecular flexibility index (Phi) is 15.5. The minimum atomic E-state index is -1.75. The number of carbonyl (C=O) groups is 2. The van der Waals surface area contributed by atoms with E-state index >= 15 is 0 Å². The van der Waals surface area contributed by atoms with Crippen LogP contribution in [0, 0.1) is 40.5 Å². The molecule has 8 N–H and O–H groups in total. The molecule has 0 heterocycles. The van der Waals surface area contributed by atoms with Crippen molar-refractivity contribution in [1.29, 1.82) is 0 Å². The number of hydrogen-bond acceptors (Lipinski definition) is 12. The van der Waals surface area contributed by atoms with E-state index in [0.29, 0.717) is 36.3 Å². The largest absolute Gasteiger partial charge is 0.867 e. The molecule has 2 atom stereocenters. The zero-order chi connectivity index (χ0) is 38.3. The summed E-state index contributed by atoms with van der Waals surface area (Å²) in [6, 6.07) is 23.2. The average Bonchev–Trinajstić information content (AvgIpc) is 3.05. The number of non-ortho nitro benzene ring substituents is 2. The molecule has 4 rings (SSSR count). The molecule has 0 fully saturated rings. The Bertz CT molecular complexity index is 1650. The molecule has 4 aromatic rings. The molecule has 0 amide bonds. The van der Waals surface area contributed by atoms with Crippen molar-refractivity contribution < 1.29 is 61.2 Å². The van der Waals surface area contributed by atoms with Crippen LogP contribution >= 0.6 is 0 Å². The number of nitrogens with zero attached hydrogens (tertiary/aromatic N) is 4. The summed E-state index contributed by atoms with van der Waals surface area (Å²) >= 11 is 0. The molecule has 0 saturated carbocycles. The summed E-state index contributed by atoms with van der Waals surface area (Å²) in [5.74, 6) is -6.22. The monoisotopic (exact) mass is 698 g/mol. The summed E-state index contributed by atoms with van der Waals surface area (Å²) in [6.07, 6.45) is 0. The first-order valence-electron chi connectivity index (χ1n) is 13.8. The van der Waals surface area contributed by atoms with E-state index in [4.69, 9.17) is 10.2 Å². The lowest BCUT2D eigenvalue weighted by atomic mass is 10.1. The van der Waals surface area contributed by atoms with Crippen LogP contribution in [-0.4, -0.2) is 41.8 Å². The molecule has 20 heteroatoms. The van der Waals surface area contributed by atoms with Crippen LogP contribution in [0.2, 0.25) is 0 Å². The van der Waals surface area contributed by atoms with Gasteiger partial charge in [0.1, 0.15) is 12.1 Å². The van der Waals surface area contributed by atoms with E-state index < -0.39 is 77.0 Å². The summed E-state index contributed by atoms with van der Waals surface area (Å²) in [4.78, 5) is 58.1. The first-order chi connectivity index (χ1) is 23.3. The van der Waals surface area contributed by atoms with Crippen LogP contribution in [0.4, 0.5) is 22.7 Å². The van der Waals surface area contributed by atoms with E-state index in [1.54, 1.807) is 0 Å². The van der Waals surface area contributed by atoms with Crippen molar-refractivity contribution in [2.75, 3.05) is 0 Å². The highest BCUT2D eigenvalue weighted by Crippen LogP contribution is 2.33. The molecule has 20 nitrogen and oxygen atoms in total. The van der Waals surface area contributed by atoms with Crippen molar-refractivity contribution in [1.82, 2.24) is 0 Å². The van der Waals surface area contributed by atoms with Gasteiger partial charge in [0.15, 0.2) is 0 Å². The number of quaternary nitrogens is 2. The Hall–Kier alpha value is -7.06.